The molecule has 0 aliphatic carbocycles. The molecule has 0 aliphatic heterocycles. The third-order valence-electron chi connectivity index (χ3n) is 2.48. The lowest BCUT2D eigenvalue weighted by Gasteiger charge is -2.11. The zero-order valence-electron chi connectivity index (χ0n) is 10.2. The van der Waals surface area contributed by atoms with E-state index in [-0.39, 0.29) is 15.1 Å². The van der Waals surface area contributed by atoms with Crippen LogP contribution >= 0.6 is 15.9 Å². The number of benzene rings is 2. The van der Waals surface area contributed by atoms with Gasteiger partial charge in [0.15, 0.2) is 17.5 Å². The van der Waals surface area contributed by atoms with Gasteiger partial charge in [-0.2, -0.15) is 0 Å². The highest BCUT2D eigenvalue weighted by Crippen LogP contribution is 2.27. The third-order valence-corrected chi connectivity index (χ3v) is 4.86. The van der Waals surface area contributed by atoms with E-state index in [4.69, 9.17) is 5.73 Å². The van der Waals surface area contributed by atoms with Gasteiger partial charge < -0.3 is 5.73 Å². The number of anilines is 2. The van der Waals surface area contributed by atoms with Gasteiger partial charge in [-0.3, -0.25) is 4.72 Å². The van der Waals surface area contributed by atoms with E-state index in [9.17, 15) is 21.6 Å². The van der Waals surface area contributed by atoms with E-state index in [0.29, 0.717) is 12.1 Å². The van der Waals surface area contributed by atoms with Crippen molar-refractivity contribution in [3.8, 4) is 0 Å². The molecule has 21 heavy (non-hydrogen) atoms. The smallest absolute Gasteiger partial charge is 0.263 e. The van der Waals surface area contributed by atoms with Crippen molar-refractivity contribution in [2.24, 2.45) is 0 Å². The van der Waals surface area contributed by atoms with Crippen molar-refractivity contribution in [1.29, 1.82) is 0 Å². The van der Waals surface area contributed by atoms with Crippen molar-refractivity contribution in [1.82, 2.24) is 0 Å². The van der Waals surface area contributed by atoms with Crippen LogP contribution in [-0.4, -0.2) is 8.42 Å². The Balaban J connectivity index is 2.45. The van der Waals surface area contributed by atoms with Gasteiger partial charge in [-0.05, 0) is 34.1 Å². The van der Waals surface area contributed by atoms with Gasteiger partial charge in [-0.1, -0.05) is 0 Å². The van der Waals surface area contributed by atoms with Crippen LogP contribution in [0.15, 0.2) is 39.7 Å². The highest BCUT2D eigenvalue weighted by molar-refractivity contribution is 9.10. The van der Waals surface area contributed by atoms with Crippen LogP contribution in [0, 0.1) is 17.5 Å². The normalized spacial score (nSPS) is 11.4. The topological polar surface area (TPSA) is 72.2 Å². The molecule has 2 aromatic carbocycles. The first-order valence-corrected chi connectivity index (χ1v) is 7.71. The van der Waals surface area contributed by atoms with Gasteiger partial charge >= 0.3 is 0 Å². The van der Waals surface area contributed by atoms with Crippen molar-refractivity contribution >= 4 is 37.3 Å². The van der Waals surface area contributed by atoms with Gasteiger partial charge in [0.25, 0.3) is 10.0 Å². The lowest BCUT2D eigenvalue weighted by Crippen LogP contribution is -2.14. The molecule has 0 saturated carbocycles. The Labute approximate surface area is 127 Å². The predicted molar refractivity (Wildman–Crippen MR) is 75.7 cm³/mol. The number of nitrogen functional groups attached to an aromatic ring is 1. The second kappa shape index (κ2) is 5.57. The molecule has 0 unspecified atom stereocenters. The number of rotatable bonds is 3. The fourth-order valence-corrected chi connectivity index (χ4v) is 3.59. The minimum Gasteiger partial charge on any atom is -0.399 e. The molecular weight excluding hydrogens is 373 g/mol. The van der Waals surface area contributed by atoms with Gasteiger partial charge in [-0.15, -0.1) is 0 Å². The van der Waals surface area contributed by atoms with Crippen molar-refractivity contribution in [2.75, 3.05) is 10.5 Å². The van der Waals surface area contributed by atoms with Crippen molar-refractivity contribution in [2.45, 2.75) is 4.90 Å². The van der Waals surface area contributed by atoms with Crippen LogP contribution in [0.3, 0.4) is 0 Å². The maximum Gasteiger partial charge on any atom is 0.263 e. The monoisotopic (exact) mass is 380 g/mol. The van der Waals surface area contributed by atoms with Crippen LogP contribution in [0.4, 0.5) is 24.5 Å². The number of nitrogens with one attached hydrogen (secondary N) is 1. The molecule has 0 amide bonds. The lowest BCUT2D eigenvalue weighted by molar-refractivity contribution is 0.448. The Kier molecular flexibility index (Phi) is 4.15. The third kappa shape index (κ3) is 3.30. The SMILES string of the molecule is Nc1ccc(Br)c(S(=O)(=O)Nc2cc(F)c(F)c(F)c2)c1. The van der Waals surface area contributed by atoms with Crippen LogP contribution in [0.1, 0.15) is 0 Å². The van der Waals surface area contributed by atoms with Crippen LogP contribution < -0.4 is 10.5 Å². The number of halogens is 4. The molecule has 9 heteroatoms. The van der Waals surface area contributed by atoms with Gasteiger partial charge in [0.2, 0.25) is 0 Å². The summed E-state index contributed by atoms with van der Waals surface area (Å²) in [4.78, 5) is -0.215. The molecule has 0 aliphatic rings. The molecule has 2 aromatic rings. The summed E-state index contributed by atoms with van der Waals surface area (Å²) < 4.78 is 65.5. The molecule has 0 spiro atoms. The summed E-state index contributed by atoms with van der Waals surface area (Å²) in [5.41, 5.74) is 5.25. The average molecular weight is 381 g/mol. The van der Waals surface area contributed by atoms with Crippen LogP contribution in [0.2, 0.25) is 0 Å². The fraction of sp³-hybridized carbons (Fsp3) is 0. The molecule has 0 aromatic heterocycles. The Morgan fingerprint density at radius 2 is 1.62 bits per heavy atom. The number of hydrogen-bond acceptors (Lipinski definition) is 3. The zero-order chi connectivity index (χ0) is 15.8. The van der Waals surface area contributed by atoms with Gasteiger partial charge in [0, 0.05) is 22.3 Å². The summed E-state index contributed by atoms with van der Waals surface area (Å²) in [6.45, 7) is 0. The average Bonchev–Trinajstić information content (AvgIpc) is 2.38. The molecular formula is C12H8BrF3N2O2S. The molecule has 0 atom stereocenters. The highest BCUT2D eigenvalue weighted by atomic mass is 79.9. The van der Waals surface area contributed by atoms with E-state index >= 15 is 0 Å². The fourth-order valence-electron chi connectivity index (χ4n) is 1.55. The molecule has 0 radical (unpaired) electrons. The van der Waals surface area contributed by atoms with Crippen LogP contribution in [0.25, 0.3) is 0 Å². The summed E-state index contributed by atoms with van der Waals surface area (Å²) in [7, 11) is -4.15. The second-order valence-electron chi connectivity index (χ2n) is 4.05. The maximum absolute atomic E-state index is 13.1. The quantitative estimate of drug-likeness (QED) is 0.634. The molecule has 0 heterocycles. The van der Waals surface area contributed by atoms with E-state index in [2.05, 4.69) is 15.9 Å². The van der Waals surface area contributed by atoms with E-state index in [0.717, 1.165) is 0 Å². The predicted octanol–water partition coefficient (Wildman–Crippen LogP) is 3.25. The van der Waals surface area contributed by atoms with Gasteiger partial charge in [0.1, 0.15) is 4.90 Å². The Morgan fingerprint density at radius 1 is 1.05 bits per heavy atom. The number of nitrogens with two attached hydrogens (primary N) is 1. The lowest BCUT2D eigenvalue weighted by atomic mass is 10.3. The van der Waals surface area contributed by atoms with Crippen LogP contribution in [-0.2, 0) is 10.0 Å². The summed E-state index contributed by atoms with van der Waals surface area (Å²) >= 11 is 3.04. The van der Waals surface area contributed by atoms with E-state index in [1.165, 1.54) is 18.2 Å². The molecule has 2 rings (SSSR count). The Hall–Kier alpha value is -1.74. The number of sulfonamides is 1. The summed E-state index contributed by atoms with van der Waals surface area (Å²) in [6, 6.07) is 5.13. The summed E-state index contributed by atoms with van der Waals surface area (Å²) in [5.74, 6) is -4.68. The first-order valence-electron chi connectivity index (χ1n) is 5.43. The van der Waals surface area contributed by atoms with Crippen molar-refractivity contribution < 1.29 is 21.6 Å². The molecule has 3 N–H and O–H groups in total. The van der Waals surface area contributed by atoms with E-state index in [1.54, 1.807) is 0 Å². The minimum absolute atomic E-state index is 0.190. The molecule has 0 fully saturated rings. The maximum atomic E-state index is 13.1. The van der Waals surface area contributed by atoms with Crippen molar-refractivity contribution in [3.05, 3.63) is 52.3 Å². The highest BCUT2D eigenvalue weighted by Gasteiger charge is 2.20. The van der Waals surface area contributed by atoms with Gasteiger partial charge in [-0.25, -0.2) is 21.6 Å². The molecule has 0 bridgehead atoms. The first kappa shape index (κ1) is 15.6. The number of hydrogen-bond donors (Lipinski definition) is 2. The van der Waals surface area contributed by atoms with Gasteiger partial charge in [0.05, 0.1) is 5.69 Å². The second-order valence-corrected chi connectivity index (χ2v) is 6.55. The van der Waals surface area contributed by atoms with Crippen LogP contribution in [0.5, 0.6) is 0 Å². The van der Waals surface area contributed by atoms with Crippen molar-refractivity contribution in [3.63, 3.8) is 0 Å². The first-order chi connectivity index (χ1) is 9.70. The minimum atomic E-state index is -4.15. The molecule has 0 saturated heterocycles. The summed E-state index contributed by atoms with van der Waals surface area (Å²) in [6.07, 6.45) is 0. The van der Waals surface area contributed by atoms with E-state index in [1.807, 2.05) is 4.72 Å². The Bertz CT molecular complexity index is 789. The van der Waals surface area contributed by atoms with E-state index < -0.39 is 33.2 Å². The molecule has 112 valence electrons. The Morgan fingerprint density at radius 3 is 2.19 bits per heavy atom. The zero-order valence-corrected chi connectivity index (χ0v) is 12.6. The standard InChI is InChI=1S/C12H8BrF3N2O2S/c13-8-2-1-6(17)3-11(8)21(19,20)18-7-4-9(14)12(16)10(15)5-7/h1-5,18H,17H2. The largest absolute Gasteiger partial charge is 0.399 e. The summed E-state index contributed by atoms with van der Waals surface area (Å²) in [5, 5.41) is 0. The molecule has 4 nitrogen and oxygen atoms in total.